The van der Waals surface area contributed by atoms with Gasteiger partial charge in [-0.2, -0.15) is 0 Å². The van der Waals surface area contributed by atoms with E-state index in [9.17, 15) is 9.18 Å². The zero-order chi connectivity index (χ0) is 14.5. The average Bonchev–Trinajstić information content (AvgIpc) is 2.44. The Hall–Kier alpha value is -1.63. The van der Waals surface area contributed by atoms with Crippen LogP contribution in [0.2, 0.25) is 0 Å². The summed E-state index contributed by atoms with van der Waals surface area (Å²) in [5.74, 6) is 0.00789. The Balaban J connectivity index is 1.94. The number of amides is 1. The molecular formula is C15H13FINO2. The van der Waals surface area contributed by atoms with E-state index in [0.29, 0.717) is 11.4 Å². The number of rotatable bonds is 4. The molecule has 0 bridgehead atoms. The molecule has 1 N–H and O–H groups in total. The van der Waals surface area contributed by atoms with Crippen LogP contribution in [0.3, 0.4) is 0 Å². The van der Waals surface area contributed by atoms with Gasteiger partial charge in [0.2, 0.25) is 0 Å². The molecule has 2 aromatic carbocycles. The molecule has 2 rings (SSSR count). The van der Waals surface area contributed by atoms with Crippen LogP contribution in [0.1, 0.15) is 6.92 Å². The van der Waals surface area contributed by atoms with Crippen LogP contribution in [-0.2, 0) is 4.79 Å². The van der Waals surface area contributed by atoms with Gasteiger partial charge in [0.1, 0.15) is 11.6 Å². The predicted octanol–water partition coefficient (Wildman–Crippen LogP) is 3.84. The van der Waals surface area contributed by atoms with Crippen molar-refractivity contribution in [3.63, 3.8) is 0 Å². The highest BCUT2D eigenvalue weighted by Gasteiger charge is 2.14. The van der Waals surface area contributed by atoms with Crippen LogP contribution in [0.5, 0.6) is 5.75 Å². The van der Waals surface area contributed by atoms with Crippen LogP contribution in [0.15, 0.2) is 48.5 Å². The lowest BCUT2D eigenvalue weighted by Crippen LogP contribution is -2.30. The lowest BCUT2D eigenvalue weighted by molar-refractivity contribution is -0.122. The number of halogens is 2. The van der Waals surface area contributed by atoms with Crippen molar-refractivity contribution < 1.29 is 13.9 Å². The average molecular weight is 385 g/mol. The third-order valence-corrected chi connectivity index (χ3v) is 3.33. The second-order valence-electron chi connectivity index (χ2n) is 4.21. The number of nitrogens with one attached hydrogen (secondary N) is 1. The van der Waals surface area contributed by atoms with E-state index in [2.05, 4.69) is 27.9 Å². The number of hydrogen-bond donors (Lipinski definition) is 1. The van der Waals surface area contributed by atoms with E-state index in [1.165, 1.54) is 24.3 Å². The first-order chi connectivity index (χ1) is 9.54. The van der Waals surface area contributed by atoms with Crippen LogP contribution in [-0.4, -0.2) is 12.0 Å². The third kappa shape index (κ3) is 4.19. The van der Waals surface area contributed by atoms with E-state index in [4.69, 9.17) is 4.74 Å². The molecule has 0 aliphatic rings. The summed E-state index contributed by atoms with van der Waals surface area (Å²) in [4.78, 5) is 11.9. The molecule has 0 fully saturated rings. The third-order valence-electron chi connectivity index (χ3n) is 2.61. The van der Waals surface area contributed by atoms with E-state index < -0.39 is 6.10 Å². The molecule has 104 valence electrons. The molecule has 2 aromatic rings. The normalized spacial score (nSPS) is 11.8. The SMILES string of the molecule is C[C@@H](Oc1ccc(I)cc1)C(=O)Nc1ccc(F)cc1. The van der Waals surface area contributed by atoms with Gasteiger partial charge in [-0.05, 0) is 78.0 Å². The molecule has 0 aromatic heterocycles. The monoisotopic (exact) mass is 385 g/mol. The van der Waals surface area contributed by atoms with Crippen molar-refractivity contribution in [3.05, 3.63) is 57.9 Å². The van der Waals surface area contributed by atoms with Gasteiger partial charge in [0.25, 0.3) is 5.91 Å². The van der Waals surface area contributed by atoms with Crippen molar-refractivity contribution in [1.82, 2.24) is 0 Å². The number of benzene rings is 2. The number of anilines is 1. The number of carbonyl (C=O) groups is 1. The Labute approximate surface area is 130 Å². The number of carbonyl (C=O) groups excluding carboxylic acids is 1. The van der Waals surface area contributed by atoms with Gasteiger partial charge in [-0.1, -0.05) is 0 Å². The Kier molecular flexibility index (Phi) is 4.94. The molecule has 0 heterocycles. The smallest absolute Gasteiger partial charge is 0.265 e. The summed E-state index contributed by atoms with van der Waals surface area (Å²) in [6.07, 6.45) is -0.639. The zero-order valence-electron chi connectivity index (χ0n) is 10.8. The lowest BCUT2D eigenvalue weighted by Gasteiger charge is -2.14. The maximum Gasteiger partial charge on any atom is 0.265 e. The summed E-state index contributed by atoms with van der Waals surface area (Å²) in [7, 11) is 0. The Morgan fingerprint density at radius 1 is 1.15 bits per heavy atom. The topological polar surface area (TPSA) is 38.3 Å². The fourth-order valence-electron chi connectivity index (χ4n) is 1.55. The fraction of sp³-hybridized carbons (Fsp3) is 0.133. The van der Waals surface area contributed by atoms with Gasteiger partial charge < -0.3 is 10.1 Å². The van der Waals surface area contributed by atoms with Gasteiger partial charge >= 0.3 is 0 Å². The molecule has 0 spiro atoms. The Morgan fingerprint density at radius 2 is 1.75 bits per heavy atom. The van der Waals surface area contributed by atoms with E-state index in [1.54, 1.807) is 6.92 Å². The first-order valence-corrected chi connectivity index (χ1v) is 7.11. The molecule has 0 saturated carbocycles. The summed E-state index contributed by atoms with van der Waals surface area (Å²) in [5, 5.41) is 2.67. The maximum atomic E-state index is 12.8. The van der Waals surface area contributed by atoms with Gasteiger partial charge in [-0.3, -0.25) is 4.79 Å². The molecule has 0 radical (unpaired) electrons. The first kappa shape index (κ1) is 14.8. The molecule has 0 unspecified atom stereocenters. The molecule has 1 amide bonds. The van der Waals surface area contributed by atoms with Crippen LogP contribution in [0.25, 0.3) is 0 Å². The quantitative estimate of drug-likeness (QED) is 0.813. The van der Waals surface area contributed by atoms with Crippen molar-refractivity contribution >= 4 is 34.2 Å². The zero-order valence-corrected chi connectivity index (χ0v) is 12.9. The van der Waals surface area contributed by atoms with Crippen LogP contribution < -0.4 is 10.1 Å². The summed E-state index contributed by atoms with van der Waals surface area (Å²) in [6, 6.07) is 13.0. The van der Waals surface area contributed by atoms with Gasteiger partial charge in [0.15, 0.2) is 6.10 Å². The van der Waals surface area contributed by atoms with Crippen LogP contribution in [0.4, 0.5) is 10.1 Å². The largest absolute Gasteiger partial charge is 0.481 e. The second kappa shape index (κ2) is 6.69. The second-order valence-corrected chi connectivity index (χ2v) is 5.46. The maximum absolute atomic E-state index is 12.8. The highest BCUT2D eigenvalue weighted by atomic mass is 127. The van der Waals surface area contributed by atoms with Crippen LogP contribution in [0, 0.1) is 9.39 Å². The summed E-state index contributed by atoms with van der Waals surface area (Å²) >= 11 is 2.20. The van der Waals surface area contributed by atoms with Crippen molar-refractivity contribution in [1.29, 1.82) is 0 Å². The van der Waals surface area contributed by atoms with Crippen LogP contribution >= 0.6 is 22.6 Å². The molecule has 1 atom stereocenters. The molecular weight excluding hydrogens is 372 g/mol. The minimum Gasteiger partial charge on any atom is -0.481 e. The van der Waals surface area contributed by atoms with Crippen molar-refractivity contribution in [2.75, 3.05) is 5.32 Å². The fourth-order valence-corrected chi connectivity index (χ4v) is 1.91. The molecule has 5 heteroatoms. The number of ether oxygens (including phenoxy) is 1. The molecule has 0 aliphatic carbocycles. The van der Waals surface area contributed by atoms with Gasteiger partial charge in [-0.15, -0.1) is 0 Å². The highest BCUT2D eigenvalue weighted by molar-refractivity contribution is 14.1. The Bertz CT molecular complexity index is 584. The van der Waals surface area contributed by atoms with Crippen molar-refractivity contribution in [2.45, 2.75) is 13.0 Å². The summed E-state index contributed by atoms with van der Waals surface area (Å²) in [6.45, 7) is 1.66. The standard InChI is InChI=1S/C15H13FINO2/c1-10(20-14-8-4-12(17)5-9-14)15(19)18-13-6-2-11(16)3-7-13/h2-10H,1H3,(H,18,19)/t10-/m1/s1. The van der Waals surface area contributed by atoms with Gasteiger partial charge in [-0.25, -0.2) is 4.39 Å². The minimum absolute atomic E-state index is 0.282. The molecule has 0 saturated heterocycles. The van der Waals surface area contributed by atoms with E-state index in [-0.39, 0.29) is 11.7 Å². The van der Waals surface area contributed by atoms with Gasteiger partial charge in [0.05, 0.1) is 0 Å². The highest BCUT2D eigenvalue weighted by Crippen LogP contribution is 2.16. The van der Waals surface area contributed by atoms with Crippen molar-refractivity contribution in [2.24, 2.45) is 0 Å². The molecule has 20 heavy (non-hydrogen) atoms. The number of hydrogen-bond acceptors (Lipinski definition) is 2. The van der Waals surface area contributed by atoms with Crippen molar-refractivity contribution in [3.8, 4) is 5.75 Å². The summed E-state index contributed by atoms with van der Waals surface area (Å²) < 4.78 is 19.4. The van der Waals surface area contributed by atoms with Gasteiger partial charge in [0, 0.05) is 9.26 Å². The predicted molar refractivity (Wildman–Crippen MR) is 84.3 cm³/mol. The molecule has 3 nitrogen and oxygen atoms in total. The van der Waals surface area contributed by atoms with E-state index >= 15 is 0 Å². The van der Waals surface area contributed by atoms with E-state index in [1.807, 2.05) is 24.3 Å². The summed E-state index contributed by atoms with van der Waals surface area (Å²) in [5.41, 5.74) is 0.537. The lowest BCUT2D eigenvalue weighted by atomic mass is 10.3. The first-order valence-electron chi connectivity index (χ1n) is 6.03. The minimum atomic E-state index is -0.639. The van der Waals surface area contributed by atoms with E-state index in [0.717, 1.165) is 3.57 Å². The molecule has 0 aliphatic heterocycles. The Morgan fingerprint density at radius 3 is 2.35 bits per heavy atom.